The zero-order valence-corrected chi connectivity index (χ0v) is 14.4. The van der Waals surface area contributed by atoms with E-state index < -0.39 is 0 Å². The summed E-state index contributed by atoms with van der Waals surface area (Å²) >= 11 is 0. The first-order valence-electron chi connectivity index (χ1n) is 8.77. The summed E-state index contributed by atoms with van der Waals surface area (Å²) < 4.78 is 5.46. The lowest BCUT2D eigenvalue weighted by Gasteiger charge is -2.37. The molecule has 130 valence electrons. The summed E-state index contributed by atoms with van der Waals surface area (Å²) in [4.78, 5) is 17.1. The molecule has 1 saturated heterocycles. The maximum atomic E-state index is 12.9. The zero-order chi connectivity index (χ0) is 17.2. The van der Waals surface area contributed by atoms with Gasteiger partial charge in [-0.2, -0.15) is 0 Å². The van der Waals surface area contributed by atoms with E-state index in [1.54, 1.807) is 7.11 Å². The fourth-order valence-electron chi connectivity index (χ4n) is 3.73. The minimum Gasteiger partial charge on any atom is -0.495 e. The third-order valence-corrected chi connectivity index (χ3v) is 5.09. The van der Waals surface area contributed by atoms with Gasteiger partial charge in [0.05, 0.1) is 12.8 Å². The summed E-state index contributed by atoms with van der Waals surface area (Å²) in [6.07, 6.45) is 0.779. The van der Waals surface area contributed by atoms with Crippen molar-refractivity contribution in [3.8, 4) is 5.75 Å². The van der Waals surface area contributed by atoms with Crippen LogP contribution in [-0.4, -0.2) is 50.1 Å². The third kappa shape index (κ3) is 3.02. The summed E-state index contributed by atoms with van der Waals surface area (Å²) in [5.41, 5.74) is 3.42. The van der Waals surface area contributed by atoms with Crippen LogP contribution < -0.4 is 15.0 Å². The van der Waals surface area contributed by atoms with Gasteiger partial charge in [-0.15, -0.1) is 0 Å². The fraction of sp³-hybridized carbons (Fsp3) is 0.350. The third-order valence-electron chi connectivity index (χ3n) is 5.09. The van der Waals surface area contributed by atoms with Gasteiger partial charge in [0.15, 0.2) is 0 Å². The van der Waals surface area contributed by atoms with Crippen LogP contribution >= 0.6 is 0 Å². The topological polar surface area (TPSA) is 44.8 Å². The van der Waals surface area contributed by atoms with Gasteiger partial charge in [-0.05, 0) is 23.8 Å². The highest BCUT2D eigenvalue weighted by Crippen LogP contribution is 2.29. The van der Waals surface area contributed by atoms with Crippen LogP contribution in [0.3, 0.4) is 0 Å². The molecule has 0 aliphatic carbocycles. The number of rotatable bonds is 3. The van der Waals surface area contributed by atoms with E-state index in [0.29, 0.717) is 0 Å². The Morgan fingerprint density at radius 3 is 2.52 bits per heavy atom. The van der Waals surface area contributed by atoms with Crippen molar-refractivity contribution in [2.45, 2.75) is 12.5 Å². The molecule has 1 atom stereocenters. The van der Waals surface area contributed by atoms with E-state index in [4.69, 9.17) is 4.74 Å². The standard InChI is InChI=1S/C20H23N3O2/c1-25-19-9-5-4-8-18(19)22-10-12-23(13-11-22)20(24)17-14-15-6-2-3-7-16(15)21-17/h2-9,17,21H,10-14H2,1H3. The number of ether oxygens (including phenoxy) is 1. The monoisotopic (exact) mass is 337 g/mol. The lowest BCUT2D eigenvalue weighted by atomic mass is 10.1. The van der Waals surface area contributed by atoms with Crippen molar-refractivity contribution >= 4 is 17.3 Å². The summed E-state index contributed by atoms with van der Waals surface area (Å²) in [7, 11) is 1.70. The minimum absolute atomic E-state index is 0.129. The molecule has 2 aromatic carbocycles. The lowest BCUT2D eigenvalue weighted by molar-refractivity contribution is -0.132. The second-order valence-electron chi connectivity index (χ2n) is 6.54. The number of anilines is 2. The smallest absolute Gasteiger partial charge is 0.245 e. The normalized spacial score (nSPS) is 19.3. The predicted molar refractivity (Wildman–Crippen MR) is 99.3 cm³/mol. The molecule has 1 fully saturated rings. The van der Waals surface area contributed by atoms with Crippen LogP contribution in [0.2, 0.25) is 0 Å². The summed E-state index contributed by atoms with van der Waals surface area (Å²) in [6, 6.07) is 16.1. The highest BCUT2D eigenvalue weighted by atomic mass is 16.5. The van der Waals surface area contributed by atoms with Crippen LogP contribution in [0.5, 0.6) is 5.75 Å². The minimum atomic E-state index is -0.129. The number of carbonyl (C=O) groups is 1. The molecule has 0 aromatic heterocycles. The Bertz CT molecular complexity index is 744. The molecular weight excluding hydrogens is 314 g/mol. The van der Waals surface area contributed by atoms with E-state index in [2.05, 4.69) is 22.3 Å². The van der Waals surface area contributed by atoms with Crippen molar-refractivity contribution in [1.82, 2.24) is 4.90 Å². The first kappa shape index (κ1) is 15.8. The van der Waals surface area contributed by atoms with E-state index in [1.165, 1.54) is 5.56 Å². The van der Waals surface area contributed by atoms with Crippen LogP contribution in [-0.2, 0) is 11.2 Å². The van der Waals surface area contributed by atoms with E-state index in [0.717, 1.165) is 49.7 Å². The van der Waals surface area contributed by atoms with Crippen molar-refractivity contribution in [2.75, 3.05) is 43.5 Å². The Labute approximate surface area is 148 Å². The Balaban J connectivity index is 1.38. The molecule has 2 aliphatic heterocycles. The number of amides is 1. The number of nitrogens with zero attached hydrogens (tertiary/aromatic N) is 2. The van der Waals surface area contributed by atoms with Crippen molar-refractivity contribution in [3.05, 3.63) is 54.1 Å². The molecule has 25 heavy (non-hydrogen) atoms. The van der Waals surface area contributed by atoms with Crippen LogP contribution in [0, 0.1) is 0 Å². The Hall–Kier alpha value is -2.69. The van der Waals surface area contributed by atoms with Gasteiger partial charge in [-0.1, -0.05) is 30.3 Å². The number of piperazine rings is 1. The molecule has 1 unspecified atom stereocenters. The molecule has 2 heterocycles. The molecule has 5 nitrogen and oxygen atoms in total. The Morgan fingerprint density at radius 2 is 1.76 bits per heavy atom. The average molecular weight is 337 g/mol. The summed E-state index contributed by atoms with van der Waals surface area (Å²) in [5.74, 6) is 1.09. The maximum Gasteiger partial charge on any atom is 0.245 e. The van der Waals surface area contributed by atoms with Crippen LogP contribution in [0.25, 0.3) is 0 Å². The molecule has 1 amide bonds. The molecule has 4 rings (SSSR count). The number of fused-ring (bicyclic) bond motifs is 1. The summed E-state index contributed by atoms with van der Waals surface area (Å²) in [5, 5.41) is 3.37. The largest absolute Gasteiger partial charge is 0.495 e. The maximum absolute atomic E-state index is 12.9. The van der Waals surface area contributed by atoms with E-state index in [9.17, 15) is 4.79 Å². The van der Waals surface area contributed by atoms with Gasteiger partial charge < -0.3 is 19.9 Å². The van der Waals surface area contributed by atoms with Crippen LogP contribution in [0.4, 0.5) is 11.4 Å². The molecule has 0 spiro atoms. The van der Waals surface area contributed by atoms with Gasteiger partial charge in [0.2, 0.25) is 5.91 Å². The van der Waals surface area contributed by atoms with Crippen molar-refractivity contribution in [3.63, 3.8) is 0 Å². The van der Waals surface area contributed by atoms with Gasteiger partial charge in [0.1, 0.15) is 11.8 Å². The molecule has 2 aromatic rings. The molecule has 0 radical (unpaired) electrons. The van der Waals surface area contributed by atoms with Crippen molar-refractivity contribution in [2.24, 2.45) is 0 Å². The molecular formula is C20H23N3O2. The number of hydrogen-bond donors (Lipinski definition) is 1. The first-order chi connectivity index (χ1) is 12.3. The quantitative estimate of drug-likeness (QED) is 0.934. The van der Waals surface area contributed by atoms with Gasteiger partial charge in [0, 0.05) is 38.3 Å². The molecule has 2 aliphatic rings. The highest BCUT2D eigenvalue weighted by Gasteiger charge is 2.31. The highest BCUT2D eigenvalue weighted by molar-refractivity contribution is 5.87. The predicted octanol–water partition coefficient (Wildman–Crippen LogP) is 2.38. The Kier molecular flexibility index (Phi) is 4.22. The van der Waals surface area contributed by atoms with Crippen LogP contribution in [0.1, 0.15) is 5.56 Å². The number of carbonyl (C=O) groups excluding carboxylic acids is 1. The van der Waals surface area contributed by atoms with Crippen LogP contribution in [0.15, 0.2) is 48.5 Å². The van der Waals surface area contributed by atoms with E-state index in [1.807, 2.05) is 41.3 Å². The molecule has 1 N–H and O–H groups in total. The van der Waals surface area contributed by atoms with Gasteiger partial charge in [0.25, 0.3) is 0 Å². The average Bonchev–Trinajstić information content (AvgIpc) is 3.12. The number of hydrogen-bond acceptors (Lipinski definition) is 4. The van der Waals surface area contributed by atoms with Gasteiger partial charge >= 0.3 is 0 Å². The van der Waals surface area contributed by atoms with E-state index in [-0.39, 0.29) is 11.9 Å². The second-order valence-corrected chi connectivity index (χ2v) is 6.54. The summed E-state index contributed by atoms with van der Waals surface area (Å²) in [6.45, 7) is 3.13. The Morgan fingerprint density at radius 1 is 1.04 bits per heavy atom. The van der Waals surface area contributed by atoms with E-state index >= 15 is 0 Å². The van der Waals surface area contributed by atoms with Crippen molar-refractivity contribution in [1.29, 1.82) is 0 Å². The molecule has 5 heteroatoms. The number of para-hydroxylation sites is 3. The molecule has 0 bridgehead atoms. The number of benzene rings is 2. The van der Waals surface area contributed by atoms with Crippen molar-refractivity contribution < 1.29 is 9.53 Å². The number of methoxy groups -OCH3 is 1. The fourth-order valence-corrected chi connectivity index (χ4v) is 3.73. The SMILES string of the molecule is COc1ccccc1N1CCN(C(=O)C2Cc3ccccc3N2)CC1. The zero-order valence-electron chi connectivity index (χ0n) is 14.4. The molecule has 0 saturated carbocycles. The first-order valence-corrected chi connectivity index (χ1v) is 8.77. The van der Waals surface area contributed by atoms with Gasteiger partial charge in [-0.25, -0.2) is 0 Å². The lowest BCUT2D eigenvalue weighted by Crippen LogP contribution is -2.52. The second kappa shape index (κ2) is 6.67. The van der Waals surface area contributed by atoms with Gasteiger partial charge in [-0.3, -0.25) is 4.79 Å². The number of nitrogens with one attached hydrogen (secondary N) is 1.